The smallest absolute Gasteiger partial charge is 0.185 e. The van der Waals surface area contributed by atoms with Crippen LogP contribution in [0.3, 0.4) is 0 Å². The van der Waals surface area contributed by atoms with E-state index in [2.05, 4.69) is 6.58 Å². The van der Waals surface area contributed by atoms with Gasteiger partial charge in [-0.25, -0.2) is 0 Å². The van der Waals surface area contributed by atoms with Crippen molar-refractivity contribution < 1.29 is 9.47 Å². The van der Waals surface area contributed by atoms with Gasteiger partial charge < -0.3 is 15.2 Å². The summed E-state index contributed by atoms with van der Waals surface area (Å²) in [7, 11) is 3.16. The first-order valence-electron chi connectivity index (χ1n) is 4.31. The molecule has 0 spiro atoms. The van der Waals surface area contributed by atoms with Gasteiger partial charge in [-0.2, -0.15) is 0 Å². The molecule has 1 rings (SSSR count). The second kappa shape index (κ2) is 4.79. The molecule has 0 aliphatic carbocycles. The number of benzene rings is 1. The predicted octanol–water partition coefficient (Wildman–Crippen LogP) is 2.20. The summed E-state index contributed by atoms with van der Waals surface area (Å²) in [6.07, 6.45) is 1.29. The van der Waals surface area contributed by atoms with Crippen LogP contribution in [0.4, 0.5) is 5.69 Å². The molecule has 0 aliphatic heterocycles. The number of methoxy groups -OCH3 is 2. The van der Waals surface area contributed by atoms with Crippen LogP contribution in [0.25, 0.3) is 6.08 Å². The Kier molecular flexibility index (Phi) is 3.68. The monoisotopic (exact) mass is 193 g/mol. The van der Waals surface area contributed by atoms with Gasteiger partial charge in [-0.1, -0.05) is 30.9 Å². The summed E-state index contributed by atoms with van der Waals surface area (Å²) in [5.74, 6) is 0. The van der Waals surface area contributed by atoms with Gasteiger partial charge in [-0.05, 0) is 5.56 Å². The molecular formula is C11H15NO2. The lowest BCUT2D eigenvalue weighted by molar-refractivity contribution is -0.105. The molecule has 0 aliphatic rings. The standard InChI is InChI=1S/C11H15NO2/c1-4-8-6-5-7-9(10(8)12)11(13-2)14-3/h4-7,11H,1,12H2,2-3H3. The number of nitrogen functional groups attached to an aromatic ring is 1. The van der Waals surface area contributed by atoms with E-state index in [4.69, 9.17) is 15.2 Å². The maximum atomic E-state index is 5.91. The molecule has 0 radical (unpaired) electrons. The molecule has 0 bridgehead atoms. The molecule has 0 saturated heterocycles. The van der Waals surface area contributed by atoms with E-state index in [-0.39, 0.29) is 0 Å². The van der Waals surface area contributed by atoms with Gasteiger partial charge in [-0.15, -0.1) is 0 Å². The van der Waals surface area contributed by atoms with E-state index in [1.807, 2.05) is 18.2 Å². The van der Waals surface area contributed by atoms with Crippen LogP contribution in [0.5, 0.6) is 0 Å². The van der Waals surface area contributed by atoms with Crippen LogP contribution in [-0.2, 0) is 9.47 Å². The Hall–Kier alpha value is -1.32. The van der Waals surface area contributed by atoms with Crippen molar-refractivity contribution in [2.45, 2.75) is 6.29 Å². The lowest BCUT2D eigenvalue weighted by atomic mass is 10.1. The van der Waals surface area contributed by atoms with Gasteiger partial charge in [0, 0.05) is 25.5 Å². The fraction of sp³-hybridized carbons (Fsp3) is 0.273. The van der Waals surface area contributed by atoms with Crippen molar-refractivity contribution in [3.05, 3.63) is 35.9 Å². The molecule has 0 heterocycles. The van der Waals surface area contributed by atoms with Crippen LogP contribution in [-0.4, -0.2) is 14.2 Å². The average molecular weight is 193 g/mol. The number of anilines is 1. The van der Waals surface area contributed by atoms with Crippen molar-refractivity contribution in [1.82, 2.24) is 0 Å². The first-order chi connectivity index (χ1) is 6.74. The summed E-state index contributed by atoms with van der Waals surface area (Å²) in [4.78, 5) is 0. The molecule has 0 fully saturated rings. The van der Waals surface area contributed by atoms with Crippen molar-refractivity contribution in [2.24, 2.45) is 0 Å². The SMILES string of the molecule is C=Cc1cccc(C(OC)OC)c1N. The number of nitrogens with two attached hydrogens (primary N) is 1. The number of para-hydroxylation sites is 1. The summed E-state index contributed by atoms with van der Waals surface area (Å²) >= 11 is 0. The van der Waals surface area contributed by atoms with Crippen molar-refractivity contribution in [3.8, 4) is 0 Å². The van der Waals surface area contributed by atoms with E-state index < -0.39 is 6.29 Å². The Morgan fingerprint density at radius 1 is 1.36 bits per heavy atom. The van der Waals surface area contributed by atoms with E-state index in [1.165, 1.54) is 0 Å². The second-order valence-corrected chi connectivity index (χ2v) is 2.86. The molecule has 3 nitrogen and oxygen atoms in total. The van der Waals surface area contributed by atoms with Gasteiger partial charge in [-0.3, -0.25) is 0 Å². The van der Waals surface area contributed by atoms with Crippen molar-refractivity contribution in [3.63, 3.8) is 0 Å². The summed E-state index contributed by atoms with van der Waals surface area (Å²) in [5.41, 5.74) is 8.28. The fourth-order valence-corrected chi connectivity index (χ4v) is 1.34. The van der Waals surface area contributed by atoms with Crippen LogP contribution >= 0.6 is 0 Å². The topological polar surface area (TPSA) is 44.5 Å². The zero-order chi connectivity index (χ0) is 10.6. The van der Waals surface area contributed by atoms with Crippen molar-refractivity contribution in [1.29, 1.82) is 0 Å². The highest BCUT2D eigenvalue weighted by Gasteiger charge is 2.13. The molecule has 76 valence electrons. The van der Waals surface area contributed by atoms with E-state index in [9.17, 15) is 0 Å². The third-order valence-electron chi connectivity index (χ3n) is 2.08. The van der Waals surface area contributed by atoms with Gasteiger partial charge >= 0.3 is 0 Å². The molecule has 0 amide bonds. The lowest BCUT2D eigenvalue weighted by Crippen LogP contribution is -2.07. The Morgan fingerprint density at radius 3 is 2.50 bits per heavy atom. The van der Waals surface area contributed by atoms with Crippen LogP contribution < -0.4 is 5.73 Å². The lowest BCUT2D eigenvalue weighted by Gasteiger charge is -2.16. The zero-order valence-corrected chi connectivity index (χ0v) is 8.49. The van der Waals surface area contributed by atoms with E-state index in [0.29, 0.717) is 5.69 Å². The minimum Gasteiger partial charge on any atom is -0.398 e. The quantitative estimate of drug-likeness (QED) is 0.589. The summed E-state index contributed by atoms with van der Waals surface area (Å²) in [6.45, 7) is 3.68. The van der Waals surface area contributed by atoms with Crippen molar-refractivity contribution >= 4 is 11.8 Å². The van der Waals surface area contributed by atoms with Crippen LogP contribution in [0.15, 0.2) is 24.8 Å². The Balaban J connectivity index is 3.13. The maximum absolute atomic E-state index is 5.91. The molecule has 0 aromatic heterocycles. The number of hydrogen-bond donors (Lipinski definition) is 1. The van der Waals surface area contributed by atoms with Crippen molar-refractivity contribution in [2.75, 3.05) is 20.0 Å². The molecular weight excluding hydrogens is 178 g/mol. The number of hydrogen-bond acceptors (Lipinski definition) is 3. The minimum atomic E-state index is -0.421. The minimum absolute atomic E-state index is 0.421. The van der Waals surface area contributed by atoms with Crippen LogP contribution in [0, 0.1) is 0 Å². The maximum Gasteiger partial charge on any atom is 0.185 e. The normalized spacial score (nSPS) is 10.5. The van der Waals surface area contributed by atoms with E-state index >= 15 is 0 Å². The highest BCUT2D eigenvalue weighted by atomic mass is 16.7. The van der Waals surface area contributed by atoms with E-state index in [0.717, 1.165) is 11.1 Å². The molecule has 0 unspecified atom stereocenters. The second-order valence-electron chi connectivity index (χ2n) is 2.86. The molecule has 14 heavy (non-hydrogen) atoms. The van der Waals surface area contributed by atoms with Crippen LogP contribution in [0.2, 0.25) is 0 Å². The Bertz CT molecular complexity index is 319. The zero-order valence-electron chi connectivity index (χ0n) is 8.49. The van der Waals surface area contributed by atoms with Gasteiger partial charge in [0.05, 0.1) is 0 Å². The Morgan fingerprint density at radius 2 is 2.00 bits per heavy atom. The molecule has 2 N–H and O–H groups in total. The van der Waals surface area contributed by atoms with Gasteiger partial charge in [0.15, 0.2) is 6.29 Å². The Labute approximate surface area is 84.1 Å². The van der Waals surface area contributed by atoms with Gasteiger partial charge in [0.1, 0.15) is 0 Å². The summed E-state index contributed by atoms with van der Waals surface area (Å²) in [5, 5.41) is 0. The summed E-state index contributed by atoms with van der Waals surface area (Å²) in [6, 6.07) is 5.67. The molecule has 3 heteroatoms. The first kappa shape index (κ1) is 10.8. The average Bonchev–Trinajstić information content (AvgIpc) is 2.22. The number of rotatable bonds is 4. The first-order valence-corrected chi connectivity index (χ1v) is 4.31. The summed E-state index contributed by atoms with van der Waals surface area (Å²) < 4.78 is 10.3. The largest absolute Gasteiger partial charge is 0.398 e. The molecule has 0 atom stereocenters. The van der Waals surface area contributed by atoms with Crippen LogP contribution in [0.1, 0.15) is 17.4 Å². The molecule has 1 aromatic carbocycles. The molecule has 1 aromatic rings. The van der Waals surface area contributed by atoms with Gasteiger partial charge in [0.2, 0.25) is 0 Å². The third kappa shape index (κ3) is 1.95. The fourth-order valence-electron chi connectivity index (χ4n) is 1.34. The van der Waals surface area contributed by atoms with Gasteiger partial charge in [0.25, 0.3) is 0 Å². The molecule has 0 saturated carbocycles. The highest BCUT2D eigenvalue weighted by Crippen LogP contribution is 2.26. The number of ether oxygens (including phenoxy) is 2. The highest BCUT2D eigenvalue weighted by molar-refractivity contribution is 5.66. The predicted molar refractivity (Wildman–Crippen MR) is 57.7 cm³/mol. The third-order valence-corrected chi connectivity index (χ3v) is 2.08. The van der Waals surface area contributed by atoms with E-state index in [1.54, 1.807) is 20.3 Å².